The van der Waals surface area contributed by atoms with E-state index in [4.69, 9.17) is 28.3 Å². The fourth-order valence-electron chi connectivity index (χ4n) is 1.47. The van der Waals surface area contributed by atoms with Crippen LogP contribution >= 0.6 is 39.1 Å². The lowest BCUT2D eigenvalue weighted by molar-refractivity contribution is 0.0688. The molecule has 0 spiro atoms. The third-order valence-electron chi connectivity index (χ3n) is 2.17. The van der Waals surface area contributed by atoms with Gasteiger partial charge in [0.2, 0.25) is 0 Å². The van der Waals surface area contributed by atoms with Crippen molar-refractivity contribution in [1.29, 1.82) is 0 Å². The maximum atomic E-state index is 11.1. The quantitative estimate of drug-likeness (QED) is 0.892. The lowest BCUT2D eigenvalue weighted by Crippen LogP contribution is -2.05. The Labute approximate surface area is 116 Å². The fourth-order valence-corrected chi connectivity index (χ4v) is 2.55. The van der Waals surface area contributed by atoms with Gasteiger partial charge in [-0.15, -0.1) is 0 Å². The largest absolute Gasteiger partial charge is 0.477 e. The summed E-state index contributed by atoms with van der Waals surface area (Å²) in [5.74, 6) is -1.04. The Morgan fingerprint density at radius 2 is 1.94 bits per heavy atom. The van der Waals surface area contributed by atoms with E-state index in [1.807, 2.05) is 0 Å². The SMILES string of the molecule is O=C(O)c1cc(Cl)cn1-c1ccc(Cl)cc1Br. The Hall–Kier alpha value is -0.970. The van der Waals surface area contributed by atoms with Gasteiger partial charge in [0.25, 0.3) is 0 Å². The van der Waals surface area contributed by atoms with Crippen LogP contribution in [-0.2, 0) is 0 Å². The number of carboxylic acid groups (broad SMARTS) is 1. The van der Waals surface area contributed by atoms with Gasteiger partial charge in [-0.1, -0.05) is 23.2 Å². The van der Waals surface area contributed by atoms with E-state index in [0.717, 1.165) is 0 Å². The third kappa shape index (κ3) is 2.49. The maximum absolute atomic E-state index is 11.1. The van der Waals surface area contributed by atoms with Crippen LogP contribution in [0, 0.1) is 0 Å². The Morgan fingerprint density at radius 1 is 1.24 bits per heavy atom. The van der Waals surface area contributed by atoms with E-state index < -0.39 is 5.97 Å². The van der Waals surface area contributed by atoms with Crippen molar-refractivity contribution in [3.63, 3.8) is 0 Å². The molecule has 1 aromatic carbocycles. The number of carbonyl (C=O) groups is 1. The van der Waals surface area contributed by atoms with Crippen LogP contribution in [0.25, 0.3) is 5.69 Å². The molecule has 2 aromatic rings. The molecule has 0 aliphatic carbocycles. The summed E-state index contributed by atoms with van der Waals surface area (Å²) in [6, 6.07) is 6.48. The van der Waals surface area contributed by atoms with Crippen molar-refractivity contribution in [3.05, 3.63) is 50.7 Å². The molecule has 0 saturated carbocycles. The summed E-state index contributed by atoms with van der Waals surface area (Å²) in [4.78, 5) is 11.1. The number of aromatic nitrogens is 1. The molecule has 0 aliphatic rings. The van der Waals surface area contributed by atoms with E-state index in [0.29, 0.717) is 20.2 Å². The minimum absolute atomic E-state index is 0.0954. The molecule has 0 fully saturated rings. The second-order valence-electron chi connectivity index (χ2n) is 3.31. The van der Waals surface area contributed by atoms with Gasteiger partial charge in [-0.05, 0) is 40.2 Å². The van der Waals surface area contributed by atoms with E-state index in [-0.39, 0.29) is 5.69 Å². The molecular formula is C11H6BrCl2NO2. The Balaban J connectivity index is 2.63. The number of rotatable bonds is 2. The Kier molecular flexibility index (Phi) is 3.47. The lowest BCUT2D eigenvalue weighted by Gasteiger charge is -2.08. The molecule has 1 aromatic heterocycles. The number of aromatic carboxylic acids is 1. The number of nitrogens with zero attached hydrogens (tertiary/aromatic N) is 1. The molecule has 1 N–H and O–H groups in total. The van der Waals surface area contributed by atoms with Crippen LogP contribution in [-0.4, -0.2) is 15.6 Å². The molecule has 0 aliphatic heterocycles. The van der Waals surface area contributed by atoms with E-state index >= 15 is 0 Å². The number of carboxylic acids is 1. The van der Waals surface area contributed by atoms with E-state index in [1.54, 1.807) is 24.4 Å². The molecular weight excluding hydrogens is 329 g/mol. The van der Waals surface area contributed by atoms with Gasteiger partial charge < -0.3 is 9.67 Å². The van der Waals surface area contributed by atoms with Crippen LogP contribution in [0.15, 0.2) is 34.9 Å². The summed E-state index contributed by atoms with van der Waals surface area (Å²) in [6.45, 7) is 0. The number of benzene rings is 1. The number of hydrogen-bond acceptors (Lipinski definition) is 1. The van der Waals surface area contributed by atoms with Gasteiger partial charge in [-0.25, -0.2) is 4.79 Å². The zero-order valence-electron chi connectivity index (χ0n) is 8.32. The van der Waals surface area contributed by atoms with Crippen LogP contribution in [0.5, 0.6) is 0 Å². The molecule has 6 heteroatoms. The highest BCUT2D eigenvalue weighted by atomic mass is 79.9. The summed E-state index contributed by atoms with van der Waals surface area (Å²) < 4.78 is 2.19. The summed E-state index contributed by atoms with van der Waals surface area (Å²) in [5.41, 5.74) is 0.761. The van der Waals surface area contributed by atoms with Crippen molar-refractivity contribution in [2.24, 2.45) is 0 Å². The second kappa shape index (κ2) is 4.72. The molecule has 2 rings (SSSR count). The lowest BCUT2D eigenvalue weighted by atomic mass is 10.3. The van der Waals surface area contributed by atoms with Crippen molar-refractivity contribution in [1.82, 2.24) is 4.57 Å². The first-order valence-electron chi connectivity index (χ1n) is 4.55. The van der Waals surface area contributed by atoms with Crippen molar-refractivity contribution < 1.29 is 9.90 Å². The van der Waals surface area contributed by atoms with Gasteiger partial charge in [-0.3, -0.25) is 0 Å². The van der Waals surface area contributed by atoms with Crippen LogP contribution in [0.4, 0.5) is 0 Å². The molecule has 3 nitrogen and oxygen atoms in total. The van der Waals surface area contributed by atoms with Crippen LogP contribution in [0.1, 0.15) is 10.5 Å². The minimum Gasteiger partial charge on any atom is -0.477 e. The van der Waals surface area contributed by atoms with Gasteiger partial charge in [0.15, 0.2) is 0 Å². The summed E-state index contributed by atoms with van der Waals surface area (Å²) >= 11 is 15.0. The summed E-state index contributed by atoms with van der Waals surface area (Å²) in [6.07, 6.45) is 1.54. The first-order valence-corrected chi connectivity index (χ1v) is 6.10. The number of halogens is 3. The topological polar surface area (TPSA) is 42.2 Å². The molecule has 0 atom stereocenters. The van der Waals surface area contributed by atoms with Crippen LogP contribution in [0.3, 0.4) is 0 Å². The monoisotopic (exact) mass is 333 g/mol. The Morgan fingerprint density at radius 3 is 2.53 bits per heavy atom. The molecule has 0 saturated heterocycles. The van der Waals surface area contributed by atoms with Gasteiger partial charge in [0.05, 0.1) is 10.7 Å². The van der Waals surface area contributed by atoms with Gasteiger partial charge in [-0.2, -0.15) is 0 Å². The summed E-state index contributed by atoms with van der Waals surface area (Å²) in [5, 5.41) is 10.00. The molecule has 0 amide bonds. The van der Waals surface area contributed by atoms with Crippen LogP contribution < -0.4 is 0 Å². The van der Waals surface area contributed by atoms with E-state index in [2.05, 4.69) is 15.9 Å². The highest BCUT2D eigenvalue weighted by Crippen LogP contribution is 2.28. The first kappa shape index (κ1) is 12.5. The minimum atomic E-state index is -1.04. The highest BCUT2D eigenvalue weighted by molar-refractivity contribution is 9.10. The standard InChI is InChI=1S/C11H6BrCl2NO2/c12-8-3-6(13)1-2-9(8)15-5-7(14)4-10(15)11(16)17/h1-5H,(H,16,17). The molecule has 1 heterocycles. The predicted octanol–water partition coefficient (Wildman–Crippen LogP) is 4.24. The maximum Gasteiger partial charge on any atom is 0.352 e. The highest BCUT2D eigenvalue weighted by Gasteiger charge is 2.14. The first-order chi connectivity index (χ1) is 7.99. The van der Waals surface area contributed by atoms with Gasteiger partial charge in [0, 0.05) is 15.7 Å². The third-order valence-corrected chi connectivity index (χ3v) is 3.25. The molecule has 88 valence electrons. The zero-order valence-corrected chi connectivity index (χ0v) is 11.4. The normalized spacial score (nSPS) is 10.5. The average molecular weight is 335 g/mol. The smallest absolute Gasteiger partial charge is 0.352 e. The number of hydrogen-bond donors (Lipinski definition) is 1. The van der Waals surface area contributed by atoms with E-state index in [1.165, 1.54) is 10.6 Å². The fraction of sp³-hybridized carbons (Fsp3) is 0. The second-order valence-corrected chi connectivity index (χ2v) is 5.04. The van der Waals surface area contributed by atoms with Crippen LogP contribution in [0.2, 0.25) is 10.0 Å². The van der Waals surface area contributed by atoms with Gasteiger partial charge in [0.1, 0.15) is 5.69 Å². The Bertz CT molecular complexity index is 595. The molecule has 0 bridgehead atoms. The van der Waals surface area contributed by atoms with E-state index in [9.17, 15) is 4.79 Å². The van der Waals surface area contributed by atoms with Crippen molar-refractivity contribution in [2.45, 2.75) is 0 Å². The zero-order chi connectivity index (χ0) is 12.6. The van der Waals surface area contributed by atoms with Gasteiger partial charge >= 0.3 is 5.97 Å². The predicted molar refractivity (Wildman–Crippen MR) is 70.4 cm³/mol. The van der Waals surface area contributed by atoms with Crippen molar-refractivity contribution >= 4 is 45.1 Å². The average Bonchev–Trinajstić information content (AvgIpc) is 2.60. The summed E-state index contributed by atoms with van der Waals surface area (Å²) in [7, 11) is 0. The van der Waals surface area contributed by atoms with Crippen molar-refractivity contribution in [3.8, 4) is 5.69 Å². The molecule has 17 heavy (non-hydrogen) atoms. The van der Waals surface area contributed by atoms with Crippen molar-refractivity contribution in [2.75, 3.05) is 0 Å². The molecule has 0 unspecified atom stereocenters. The molecule has 0 radical (unpaired) electrons.